The van der Waals surface area contributed by atoms with Gasteiger partial charge in [0, 0.05) is 11.8 Å². The van der Waals surface area contributed by atoms with Crippen LogP contribution in [0.3, 0.4) is 0 Å². The summed E-state index contributed by atoms with van der Waals surface area (Å²) in [4.78, 5) is 38.6. The number of fused-ring (bicyclic) bond motifs is 1. The Hall–Kier alpha value is -3.52. The molecule has 2 aliphatic heterocycles. The van der Waals surface area contributed by atoms with Gasteiger partial charge >= 0.3 is 0 Å². The fourth-order valence-corrected chi connectivity index (χ4v) is 4.05. The van der Waals surface area contributed by atoms with Crippen LogP contribution in [-0.4, -0.2) is 41.7 Å². The molecule has 0 unspecified atom stereocenters. The number of hydrogen-bond donors (Lipinski definition) is 1. The number of carbonyl (C=O) groups excluding carboxylic acids is 3. The normalized spacial score (nSPS) is 17.3. The Morgan fingerprint density at radius 3 is 2.61 bits per heavy atom. The van der Waals surface area contributed by atoms with Crippen LogP contribution in [0.5, 0.6) is 11.5 Å². The van der Waals surface area contributed by atoms with E-state index in [0.717, 1.165) is 27.8 Å². The van der Waals surface area contributed by atoms with E-state index in [1.807, 2.05) is 43.3 Å². The number of imide groups is 1. The summed E-state index contributed by atoms with van der Waals surface area (Å²) in [6, 6.07) is 14.7. The van der Waals surface area contributed by atoms with Crippen molar-refractivity contribution in [1.29, 1.82) is 0 Å². The molecule has 31 heavy (non-hydrogen) atoms. The predicted octanol–water partition coefficient (Wildman–Crippen LogP) is 4.08. The minimum atomic E-state index is -0.479. The summed E-state index contributed by atoms with van der Waals surface area (Å²) in [5.41, 5.74) is 2.32. The highest BCUT2D eigenvalue weighted by Crippen LogP contribution is 2.33. The van der Waals surface area contributed by atoms with E-state index in [1.54, 1.807) is 24.3 Å². The third-order valence-corrected chi connectivity index (χ3v) is 5.46. The second-order valence-electron chi connectivity index (χ2n) is 6.97. The summed E-state index contributed by atoms with van der Waals surface area (Å²) in [7, 11) is 0. The maximum absolute atomic E-state index is 12.7. The fourth-order valence-electron chi connectivity index (χ4n) is 3.16. The van der Waals surface area contributed by atoms with Gasteiger partial charge in [-0.05, 0) is 48.0 Å². The van der Waals surface area contributed by atoms with Crippen molar-refractivity contribution in [2.45, 2.75) is 6.92 Å². The molecule has 3 amide bonds. The highest BCUT2D eigenvalue weighted by Gasteiger charge is 2.36. The summed E-state index contributed by atoms with van der Waals surface area (Å²) in [5, 5.41) is 2.22. The molecule has 0 atom stereocenters. The molecule has 7 nitrogen and oxygen atoms in total. The van der Waals surface area contributed by atoms with Crippen LogP contribution < -0.4 is 14.8 Å². The molecule has 2 aromatic carbocycles. The topological polar surface area (TPSA) is 84.9 Å². The molecule has 2 heterocycles. The number of ether oxygens (including phenoxy) is 2. The van der Waals surface area contributed by atoms with Crippen LogP contribution in [0.15, 0.2) is 65.1 Å². The van der Waals surface area contributed by atoms with Crippen molar-refractivity contribution in [3.8, 4) is 11.5 Å². The van der Waals surface area contributed by atoms with Gasteiger partial charge in [0.15, 0.2) is 11.5 Å². The van der Waals surface area contributed by atoms with E-state index in [1.165, 1.54) is 0 Å². The fraction of sp³-hybridized carbons (Fsp3) is 0.174. The van der Waals surface area contributed by atoms with Crippen molar-refractivity contribution in [3.05, 3.63) is 70.6 Å². The molecule has 2 aromatic rings. The van der Waals surface area contributed by atoms with Gasteiger partial charge in [-0.25, -0.2) is 0 Å². The summed E-state index contributed by atoms with van der Waals surface area (Å²) in [6.07, 6.45) is 3.58. The molecule has 0 aliphatic carbocycles. The third-order valence-electron chi connectivity index (χ3n) is 4.55. The molecule has 4 rings (SSSR count). The van der Waals surface area contributed by atoms with E-state index >= 15 is 0 Å². The summed E-state index contributed by atoms with van der Waals surface area (Å²) in [5.74, 6) is 0.197. The summed E-state index contributed by atoms with van der Waals surface area (Å²) >= 11 is 0.829. The highest BCUT2D eigenvalue weighted by molar-refractivity contribution is 8.18. The highest BCUT2D eigenvalue weighted by atomic mass is 32.2. The van der Waals surface area contributed by atoms with Crippen molar-refractivity contribution < 1.29 is 23.9 Å². The maximum atomic E-state index is 12.7. The van der Waals surface area contributed by atoms with E-state index in [9.17, 15) is 14.4 Å². The Balaban J connectivity index is 1.41. The molecular weight excluding hydrogens is 416 g/mol. The molecular formula is C23H20N2O5S. The van der Waals surface area contributed by atoms with E-state index in [0.29, 0.717) is 35.3 Å². The molecule has 158 valence electrons. The number of nitrogens with one attached hydrogen (secondary N) is 1. The number of nitrogens with zero attached hydrogens (tertiary/aromatic N) is 1. The zero-order chi connectivity index (χ0) is 21.8. The van der Waals surface area contributed by atoms with E-state index in [4.69, 9.17) is 9.47 Å². The average molecular weight is 436 g/mol. The van der Waals surface area contributed by atoms with Crippen LogP contribution >= 0.6 is 11.8 Å². The lowest BCUT2D eigenvalue weighted by Crippen LogP contribution is -2.36. The van der Waals surface area contributed by atoms with Crippen molar-refractivity contribution in [2.24, 2.45) is 0 Å². The maximum Gasteiger partial charge on any atom is 0.294 e. The van der Waals surface area contributed by atoms with Gasteiger partial charge in [-0.15, -0.1) is 0 Å². The first-order valence-electron chi connectivity index (χ1n) is 9.68. The second-order valence-corrected chi connectivity index (χ2v) is 7.97. The molecule has 1 saturated heterocycles. The molecule has 0 radical (unpaired) electrons. The number of anilines is 1. The Labute approximate surface area is 183 Å². The monoisotopic (exact) mass is 436 g/mol. The van der Waals surface area contributed by atoms with Crippen molar-refractivity contribution >= 4 is 40.6 Å². The van der Waals surface area contributed by atoms with Crippen LogP contribution in [0.1, 0.15) is 12.5 Å². The number of carbonyl (C=O) groups is 3. The quantitative estimate of drug-likeness (QED) is 0.711. The number of benzene rings is 2. The molecule has 8 heteroatoms. The lowest BCUT2D eigenvalue weighted by molar-refractivity contribution is -0.127. The van der Waals surface area contributed by atoms with E-state index < -0.39 is 17.1 Å². The van der Waals surface area contributed by atoms with Gasteiger partial charge in [-0.2, -0.15) is 0 Å². The standard InChI is InChI=1S/C23H20N2O5S/c1-15(11-16-5-3-2-4-6-16)12-20-22(27)25(23(28)31-20)14-21(26)24-17-7-8-18-19(13-17)30-10-9-29-18/h2-8,11-13H,9-10,14H2,1H3,(H,24,26)/b15-11+,20-12+. The van der Waals surface area contributed by atoms with Crippen molar-refractivity contribution in [1.82, 2.24) is 4.90 Å². The van der Waals surface area contributed by atoms with Crippen LogP contribution in [0.4, 0.5) is 10.5 Å². The predicted molar refractivity (Wildman–Crippen MR) is 119 cm³/mol. The lowest BCUT2D eigenvalue weighted by Gasteiger charge is -2.19. The smallest absolute Gasteiger partial charge is 0.294 e. The Kier molecular flexibility index (Phi) is 6.08. The Morgan fingerprint density at radius 1 is 1.10 bits per heavy atom. The van der Waals surface area contributed by atoms with Gasteiger partial charge in [0.05, 0.1) is 4.91 Å². The van der Waals surface area contributed by atoms with Gasteiger partial charge in [0.1, 0.15) is 19.8 Å². The molecule has 1 N–H and O–H groups in total. The molecule has 2 aliphatic rings. The number of rotatable bonds is 5. The van der Waals surface area contributed by atoms with Gasteiger partial charge in [-0.1, -0.05) is 36.4 Å². The zero-order valence-electron chi connectivity index (χ0n) is 16.8. The van der Waals surface area contributed by atoms with Gasteiger partial charge < -0.3 is 14.8 Å². The summed E-state index contributed by atoms with van der Waals surface area (Å²) in [6.45, 7) is 2.41. The lowest BCUT2D eigenvalue weighted by atomic mass is 10.1. The van der Waals surface area contributed by atoms with Crippen LogP contribution in [0.2, 0.25) is 0 Å². The largest absolute Gasteiger partial charge is 0.486 e. The molecule has 0 saturated carbocycles. The van der Waals surface area contributed by atoms with E-state index in [-0.39, 0.29) is 6.54 Å². The molecule has 0 bridgehead atoms. The van der Waals surface area contributed by atoms with Crippen LogP contribution in [0.25, 0.3) is 6.08 Å². The second kappa shape index (κ2) is 9.09. The van der Waals surface area contributed by atoms with Gasteiger partial charge in [-0.3, -0.25) is 19.3 Å². The number of allylic oxidation sites excluding steroid dienone is 2. The first-order chi connectivity index (χ1) is 15.0. The van der Waals surface area contributed by atoms with Gasteiger partial charge in [0.2, 0.25) is 5.91 Å². The summed E-state index contributed by atoms with van der Waals surface area (Å²) < 4.78 is 10.9. The molecule has 1 fully saturated rings. The van der Waals surface area contributed by atoms with Crippen molar-refractivity contribution in [3.63, 3.8) is 0 Å². The molecule has 0 aromatic heterocycles. The Morgan fingerprint density at radius 2 is 1.84 bits per heavy atom. The van der Waals surface area contributed by atoms with Crippen LogP contribution in [-0.2, 0) is 9.59 Å². The van der Waals surface area contributed by atoms with Gasteiger partial charge in [0.25, 0.3) is 11.1 Å². The number of thioether (sulfide) groups is 1. The SMILES string of the molecule is CC(=C\c1ccccc1)/C=C1/SC(=O)N(CC(=O)Nc2ccc3c(c2)OCCO3)C1=O. The minimum Gasteiger partial charge on any atom is -0.486 e. The third kappa shape index (κ3) is 4.97. The Bertz CT molecular complexity index is 1090. The van der Waals surface area contributed by atoms with Crippen molar-refractivity contribution in [2.75, 3.05) is 25.1 Å². The molecule has 0 spiro atoms. The number of amides is 3. The van der Waals surface area contributed by atoms with E-state index in [2.05, 4.69) is 5.32 Å². The number of hydrogen-bond acceptors (Lipinski definition) is 6. The average Bonchev–Trinajstić information content (AvgIpc) is 3.01. The zero-order valence-corrected chi connectivity index (χ0v) is 17.6. The minimum absolute atomic E-state index is 0.293. The van der Waals surface area contributed by atoms with Crippen LogP contribution in [0, 0.1) is 0 Å². The first kappa shape index (κ1) is 20.7. The first-order valence-corrected chi connectivity index (χ1v) is 10.5.